The first-order valence-corrected chi connectivity index (χ1v) is 7.97. The van der Waals surface area contributed by atoms with E-state index in [1.165, 1.54) is 0 Å². The quantitative estimate of drug-likeness (QED) is 0.808. The standard InChI is InChI=1S/C19H19NO5/c1-24-14-8-6-12(7-9-14)16(21)11-20-18(22)17-10-13-4-2-3-5-15(13)19(23)25-17/h2-9,16-17,21H,10-11H2,1H3,(H,20,22)/t16-,17+/m0/s1. The Morgan fingerprint density at radius 2 is 2.00 bits per heavy atom. The Morgan fingerprint density at radius 1 is 1.28 bits per heavy atom. The van der Waals surface area contributed by atoms with Gasteiger partial charge in [0.2, 0.25) is 0 Å². The number of esters is 1. The maximum atomic E-state index is 12.3. The van der Waals surface area contributed by atoms with E-state index in [2.05, 4.69) is 5.32 Å². The van der Waals surface area contributed by atoms with Crippen LogP contribution in [0.25, 0.3) is 0 Å². The van der Waals surface area contributed by atoms with Gasteiger partial charge in [0.05, 0.1) is 18.8 Å². The zero-order chi connectivity index (χ0) is 17.8. The Hall–Kier alpha value is -2.86. The average molecular weight is 341 g/mol. The summed E-state index contributed by atoms with van der Waals surface area (Å²) in [6.07, 6.45) is -1.42. The topological polar surface area (TPSA) is 84.9 Å². The number of aliphatic hydroxyl groups excluding tert-OH is 1. The summed E-state index contributed by atoms with van der Waals surface area (Å²) < 4.78 is 10.3. The normalized spacial score (nSPS) is 17.2. The number of cyclic esters (lactones) is 1. The lowest BCUT2D eigenvalue weighted by Gasteiger charge is -2.24. The van der Waals surface area contributed by atoms with Gasteiger partial charge in [0.25, 0.3) is 5.91 Å². The Balaban J connectivity index is 1.58. The zero-order valence-corrected chi connectivity index (χ0v) is 13.8. The number of carbonyl (C=O) groups is 2. The monoisotopic (exact) mass is 341 g/mol. The highest BCUT2D eigenvalue weighted by atomic mass is 16.5. The first-order valence-electron chi connectivity index (χ1n) is 7.97. The minimum Gasteiger partial charge on any atom is -0.497 e. The SMILES string of the molecule is COc1ccc([C@@H](O)CNC(=O)[C@H]2Cc3ccccc3C(=O)O2)cc1. The molecule has 6 nitrogen and oxygen atoms in total. The third kappa shape index (κ3) is 3.80. The highest BCUT2D eigenvalue weighted by Crippen LogP contribution is 2.21. The van der Waals surface area contributed by atoms with E-state index < -0.39 is 24.1 Å². The van der Waals surface area contributed by atoms with Gasteiger partial charge in [0.1, 0.15) is 5.75 Å². The number of nitrogens with one attached hydrogen (secondary N) is 1. The molecule has 0 aliphatic carbocycles. The fourth-order valence-electron chi connectivity index (χ4n) is 2.73. The molecule has 0 fully saturated rings. The number of aliphatic hydroxyl groups is 1. The molecular weight excluding hydrogens is 322 g/mol. The summed E-state index contributed by atoms with van der Waals surface area (Å²) in [5.74, 6) is -0.235. The molecule has 6 heteroatoms. The van der Waals surface area contributed by atoms with Gasteiger partial charge < -0.3 is 19.9 Å². The van der Waals surface area contributed by atoms with E-state index in [1.54, 1.807) is 43.5 Å². The van der Waals surface area contributed by atoms with Crippen LogP contribution in [0.4, 0.5) is 0 Å². The first kappa shape index (κ1) is 17.0. The number of amides is 1. The predicted octanol–water partition coefficient (Wildman–Crippen LogP) is 1.63. The Labute approximate surface area is 145 Å². The summed E-state index contributed by atoms with van der Waals surface area (Å²) >= 11 is 0. The van der Waals surface area contributed by atoms with Crippen LogP contribution in [0.1, 0.15) is 27.6 Å². The molecule has 3 rings (SSSR count). The lowest BCUT2D eigenvalue weighted by molar-refractivity contribution is -0.130. The lowest BCUT2D eigenvalue weighted by Crippen LogP contribution is -2.43. The van der Waals surface area contributed by atoms with Gasteiger partial charge in [0, 0.05) is 13.0 Å². The Kier molecular flexibility index (Phi) is 5.00. The van der Waals surface area contributed by atoms with Crippen LogP contribution >= 0.6 is 0 Å². The minimum atomic E-state index is -0.884. The number of hydrogen-bond acceptors (Lipinski definition) is 5. The van der Waals surface area contributed by atoms with Gasteiger partial charge in [-0.05, 0) is 29.3 Å². The predicted molar refractivity (Wildman–Crippen MR) is 90.3 cm³/mol. The molecule has 2 N–H and O–H groups in total. The van der Waals surface area contributed by atoms with Crippen LogP contribution in [0.5, 0.6) is 5.75 Å². The summed E-state index contributed by atoms with van der Waals surface area (Å²) in [6.45, 7) is 0.0286. The highest BCUT2D eigenvalue weighted by Gasteiger charge is 2.31. The van der Waals surface area contributed by atoms with Crippen molar-refractivity contribution in [3.8, 4) is 5.75 Å². The van der Waals surface area contributed by atoms with Crippen LogP contribution in [-0.2, 0) is 16.0 Å². The largest absolute Gasteiger partial charge is 0.497 e. The van der Waals surface area contributed by atoms with E-state index in [0.29, 0.717) is 23.3 Å². The molecule has 0 saturated carbocycles. The van der Waals surface area contributed by atoms with E-state index in [4.69, 9.17) is 9.47 Å². The first-order chi connectivity index (χ1) is 12.1. The summed E-state index contributed by atoms with van der Waals surface area (Å²) in [7, 11) is 1.56. The minimum absolute atomic E-state index is 0.0286. The maximum absolute atomic E-state index is 12.3. The van der Waals surface area contributed by atoms with Crippen LogP contribution < -0.4 is 10.1 Å². The van der Waals surface area contributed by atoms with E-state index in [9.17, 15) is 14.7 Å². The number of ether oxygens (including phenoxy) is 2. The van der Waals surface area contributed by atoms with Gasteiger partial charge in [-0.1, -0.05) is 30.3 Å². The van der Waals surface area contributed by atoms with Gasteiger partial charge in [-0.25, -0.2) is 4.79 Å². The molecule has 2 aromatic rings. The molecule has 1 aliphatic heterocycles. The van der Waals surface area contributed by atoms with Crippen LogP contribution in [0.3, 0.4) is 0 Å². The number of rotatable bonds is 5. The third-order valence-corrected chi connectivity index (χ3v) is 4.15. The molecule has 2 atom stereocenters. The summed E-state index contributed by atoms with van der Waals surface area (Å²) in [5, 5.41) is 12.8. The van der Waals surface area contributed by atoms with Crippen molar-refractivity contribution in [1.29, 1.82) is 0 Å². The number of hydrogen-bond donors (Lipinski definition) is 2. The van der Waals surface area contributed by atoms with Crippen molar-refractivity contribution in [3.05, 3.63) is 65.2 Å². The van der Waals surface area contributed by atoms with Crippen LogP contribution in [-0.4, -0.2) is 36.7 Å². The molecule has 2 aromatic carbocycles. The summed E-state index contributed by atoms with van der Waals surface area (Å²) in [6, 6.07) is 14.0. The molecule has 1 amide bonds. The number of benzene rings is 2. The maximum Gasteiger partial charge on any atom is 0.339 e. The zero-order valence-electron chi connectivity index (χ0n) is 13.8. The second-order valence-electron chi connectivity index (χ2n) is 5.79. The van der Waals surface area contributed by atoms with Gasteiger partial charge >= 0.3 is 5.97 Å². The second-order valence-corrected chi connectivity index (χ2v) is 5.79. The number of methoxy groups -OCH3 is 1. The Bertz CT molecular complexity index is 772. The van der Waals surface area contributed by atoms with Crippen LogP contribution in [0.15, 0.2) is 48.5 Å². The Morgan fingerprint density at radius 3 is 2.72 bits per heavy atom. The van der Waals surface area contributed by atoms with Gasteiger partial charge in [0.15, 0.2) is 6.10 Å². The molecule has 0 bridgehead atoms. The average Bonchev–Trinajstić information content (AvgIpc) is 2.65. The van der Waals surface area contributed by atoms with Crippen molar-refractivity contribution in [2.45, 2.75) is 18.6 Å². The van der Waals surface area contributed by atoms with Crippen molar-refractivity contribution in [3.63, 3.8) is 0 Å². The van der Waals surface area contributed by atoms with Crippen molar-refractivity contribution in [2.24, 2.45) is 0 Å². The fraction of sp³-hybridized carbons (Fsp3) is 0.263. The van der Waals surface area contributed by atoms with E-state index in [1.807, 2.05) is 12.1 Å². The van der Waals surface area contributed by atoms with Crippen LogP contribution in [0, 0.1) is 0 Å². The molecule has 1 heterocycles. The van der Waals surface area contributed by atoms with Crippen molar-refractivity contribution in [2.75, 3.05) is 13.7 Å². The van der Waals surface area contributed by atoms with Crippen molar-refractivity contribution in [1.82, 2.24) is 5.32 Å². The molecule has 0 aromatic heterocycles. The fourth-order valence-corrected chi connectivity index (χ4v) is 2.73. The van der Waals surface area contributed by atoms with E-state index in [-0.39, 0.29) is 6.54 Å². The second kappa shape index (κ2) is 7.36. The van der Waals surface area contributed by atoms with Gasteiger partial charge in [-0.3, -0.25) is 4.79 Å². The lowest BCUT2D eigenvalue weighted by atomic mass is 9.98. The van der Waals surface area contributed by atoms with Crippen molar-refractivity contribution < 1.29 is 24.2 Å². The molecule has 0 saturated heterocycles. The number of carbonyl (C=O) groups excluding carboxylic acids is 2. The van der Waals surface area contributed by atoms with Crippen LogP contribution in [0.2, 0.25) is 0 Å². The number of fused-ring (bicyclic) bond motifs is 1. The van der Waals surface area contributed by atoms with Gasteiger partial charge in [-0.2, -0.15) is 0 Å². The van der Waals surface area contributed by atoms with E-state index in [0.717, 1.165) is 5.56 Å². The van der Waals surface area contributed by atoms with Crippen molar-refractivity contribution >= 4 is 11.9 Å². The molecule has 130 valence electrons. The summed E-state index contributed by atoms with van der Waals surface area (Å²) in [4.78, 5) is 24.2. The van der Waals surface area contributed by atoms with Gasteiger partial charge in [-0.15, -0.1) is 0 Å². The third-order valence-electron chi connectivity index (χ3n) is 4.15. The molecule has 0 spiro atoms. The molecular formula is C19H19NO5. The molecule has 25 heavy (non-hydrogen) atoms. The molecule has 0 unspecified atom stereocenters. The smallest absolute Gasteiger partial charge is 0.339 e. The molecule has 1 aliphatic rings. The summed E-state index contributed by atoms with van der Waals surface area (Å²) in [5.41, 5.74) is 1.94. The molecule has 0 radical (unpaired) electrons. The van der Waals surface area contributed by atoms with E-state index >= 15 is 0 Å². The highest BCUT2D eigenvalue weighted by molar-refractivity contribution is 5.95.